The van der Waals surface area contributed by atoms with Crippen molar-refractivity contribution in [3.05, 3.63) is 69.6 Å². The van der Waals surface area contributed by atoms with Crippen LogP contribution in [-0.2, 0) is 32.2 Å². The first-order chi connectivity index (χ1) is 19.1. The molecule has 6 rings (SSSR count). The normalized spacial score (nSPS) is 12.1. The van der Waals surface area contributed by atoms with Crippen molar-refractivity contribution < 1.29 is 0 Å². The van der Waals surface area contributed by atoms with Crippen LogP contribution in [0.5, 0.6) is 0 Å². The summed E-state index contributed by atoms with van der Waals surface area (Å²) in [5.41, 5.74) is 10.4. The number of H-pyrrole nitrogens is 2. The summed E-state index contributed by atoms with van der Waals surface area (Å²) < 4.78 is 0. The van der Waals surface area contributed by atoms with Gasteiger partial charge < -0.3 is 15.3 Å². The fourth-order valence-corrected chi connectivity index (χ4v) is 5.60. The van der Waals surface area contributed by atoms with Crippen LogP contribution in [0, 0.1) is 0 Å². The topological polar surface area (TPSA) is 108 Å². The van der Waals surface area contributed by atoms with Gasteiger partial charge in [0.15, 0.2) is 0 Å². The summed E-state index contributed by atoms with van der Waals surface area (Å²) in [5.74, 6) is 0.866. The van der Waals surface area contributed by atoms with Crippen LogP contribution in [0.1, 0.15) is 74.2 Å². The van der Waals surface area contributed by atoms with Gasteiger partial charge in [-0.05, 0) is 60.1 Å². The third-order valence-electron chi connectivity index (χ3n) is 7.13. The minimum absolute atomic E-state index is 0.551. The van der Waals surface area contributed by atoms with Gasteiger partial charge in [0.2, 0.25) is 0 Å². The molecule has 39 heavy (non-hydrogen) atoms. The van der Waals surface area contributed by atoms with E-state index in [0.717, 1.165) is 78.6 Å². The zero-order chi connectivity index (χ0) is 27.4. The molecule has 0 unspecified atom stereocenters. The molecule has 202 valence electrons. The first-order valence-electron chi connectivity index (χ1n) is 13.8. The second-order valence-electron chi connectivity index (χ2n) is 9.71. The molecule has 8 nitrogen and oxygen atoms in total. The lowest BCUT2D eigenvalue weighted by Gasteiger charge is -2.09. The van der Waals surface area contributed by atoms with Crippen molar-refractivity contribution in [1.82, 2.24) is 29.9 Å². The molecule has 5 aromatic rings. The summed E-state index contributed by atoms with van der Waals surface area (Å²) >= 11 is 6.08. The number of aryl methyl sites for hydroxylation is 4. The van der Waals surface area contributed by atoms with Crippen LogP contribution < -0.4 is 5.32 Å². The summed E-state index contributed by atoms with van der Waals surface area (Å²) in [6.07, 6.45) is 11.3. The summed E-state index contributed by atoms with van der Waals surface area (Å²) in [5, 5.41) is 6.13. The van der Waals surface area contributed by atoms with Crippen molar-refractivity contribution in [1.29, 1.82) is 0 Å². The Morgan fingerprint density at radius 1 is 0.821 bits per heavy atom. The van der Waals surface area contributed by atoms with E-state index in [1.165, 1.54) is 40.0 Å². The molecule has 3 N–H and O–H groups in total. The average Bonchev–Trinajstić information content (AvgIpc) is 3.64. The molecule has 1 aliphatic heterocycles. The van der Waals surface area contributed by atoms with Gasteiger partial charge in [-0.15, -0.1) is 0 Å². The Kier molecular flexibility index (Phi) is 8.21. The molecule has 5 heterocycles. The summed E-state index contributed by atoms with van der Waals surface area (Å²) in [6, 6.07) is 6.35. The number of hydrogen-bond acceptors (Lipinski definition) is 6. The Hall–Kier alpha value is -3.78. The monoisotopic (exact) mass is 542 g/mol. The molecule has 0 saturated heterocycles. The van der Waals surface area contributed by atoms with Crippen molar-refractivity contribution >= 4 is 51.4 Å². The Balaban J connectivity index is 0.000000177. The number of benzene rings is 1. The highest BCUT2D eigenvalue weighted by Gasteiger charge is 2.16. The van der Waals surface area contributed by atoms with E-state index in [1.807, 2.05) is 6.21 Å². The third kappa shape index (κ3) is 5.39. The minimum Gasteiger partial charge on any atom is -0.343 e. The highest BCUT2D eigenvalue weighted by Crippen LogP contribution is 2.31. The summed E-state index contributed by atoms with van der Waals surface area (Å²) in [7, 11) is 0. The van der Waals surface area contributed by atoms with Crippen LogP contribution in [0.25, 0.3) is 22.1 Å². The van der Waals surface area contributed by atoms with Crippen molar-refractivity contribution in [3.8, 4) is 0 Å². The number of aromatic nitrogens is 6. The van der Waals surface area contributed by atoms with Gasteiger partial charge in [0.25, 0.3) is 0 Å². The van der Waals surface area contributed by atoms with Crippen molar-refractivity contribution in [2.24, 2.45) is 4.99 Å². The second-order valence-corrected chi connectivity index (χ2v) is 10.1. The Morgan fingerprint density at radius 2 is 1.46 bits per heavy atom. The number of halogens is 1. The smallest absolute Gasteiger partial charge is 0.143 e. The van der Waals surface area contributed by atoms with Gasteiger partial charge in [0, 0.05) is 23.3 Å². The number of nitrogens with one attached hydrogen (secondary N) is 3. The molecular weight excluding hydrogens is 508 g/mol. The van der Waals surface area contributed by atoms with E-state index in [0.29, 0.717) is 5.15 Å². The number of aliphatic imine (C=N–C) groups is 1. The van der Waals surface area contributed by atoms with Gasteiger partial charge in [-0.25, -0.2) is 19.9 Å². The molecule has 0 saturated carbocycles. The predicted molar refractivity (Wildman–Crippen MR) is 161 cm³/mol. The Morgan fingerprint density at radius 3 is 2.13 bits per heavy atom. The van der Waals surface area contributed by atoms with E-state index in [9.17, 15) is 0 Å². The number of anilines is 2. The molecule has 0 spiro atoms. The molecule has 1 aliphatic rings. The molecule has 4 aromatic heterocycles. The second kappa shape index (κ2) is 11.9. The van der Waals surface area contributed by atoms with E-state index in [-0.39, 0.29) is 0 Å². The number of aromatic amines is 2. The lowest BCUT2D eigenvalue weighted by Crippen LogP contribution is -1.98. The largest absolute Gasteiger partial charge is 0.343 e. The summed E-state index contributed by atoms with van der Waals surface area (Å²) in [6.45, 7) is 9.46. The average molecular weight is 543 g/mol. The third-order valence-corrected chi connectivity index (χ3v) is 7.41. The maximum Gasteiger partial charge on any atom is 0.143 e. The van der Waals surface area contributed by atoms with Crippen LogP contribution in [-0.4, -0.2) is 36.1 Å². The summed E-state index contributed by atoms with van der Waals surface area (Å²) in [4.78, 5) is 28.3. The van der Waals surface area contributed by atoms with Crippen LogP contribution in [0.15, 0.2) is 35.8 Å². The molecule has 0 aliphatic carbocycles. The molecule has 1 aromatic carbocycles. The Bertz CT molecular complexity index is 1630. The zero-order valence-electron chi connectivity index (χ0n) is 23.0. The lowest BCUT2D eigenvalue weighted by molar-refractivity contribution is 0.876. The number of hydrogen-bond donors (Lipinski definition) is 3. The van der Waals surface area contributed by atoms with Crippen LogP contribution >= 0.6 is 11.6 Å². The molecule has 0 atom stereocenters. The van der Waals surface area contributed by atoms with E-state index in [2.05, 4.69) is 86.1 Å². The Labute approximate surface area is 233 Å². The van der Waals surface area contributed by atoms with Crippen LogP contribution in [0.3, 0.4) is 0 Å². The molecule has 0 amide bonds. The van der Waals surface area contributed by atoms with Crippen LogP contribution in [0.2, 0.25) is 5.15 Å². The fourth-order valence-electron chi connectivity index (χ4n) is 5.35. The van der Waals surface area contributed by atoms with Crippen LogP contribution in [0.4, 0.5) is 11.5 Å². The predicted octanol–water partition coefficient (Wildman–Crippen LogP) is 7.28. The van der Waals surface area contributed by atoms with Gasteiger partial charge in [-0.2, -0.15) is 0 Å². The van der Waals surface area contributed by atoms with Crippen molar-refractivity contribution in [2.45, 2.75) is 72.8 Å². The van der Waals surface area contributed by atoms with Crippen molar-refractivity contribution in [2.75, 3.05) is 5.32 Å². The first-order valence-corrected chi connectivity index (χ1v) is 14.2. The van der Waals surface area contributed by atoms with Gasteiger partial charge in [0.05, 0.1) is 17.3 Å². The molecule has 0 fully saturated rings. The van der Waals surface area contributed by atoms with E-state index >= 15 is 0 Å². The molecule has 0 radical (unpaired) electrons. The SMILES string of the molecule is CCCc1[nH]c2ncnc(Cl)c2c1CC.CCCc1[nH]c2ncnc(Nc3ccc4c(c3)C=NC4)c2c1CC. The van der Waals surface area contributed by atoms with Gasteiger partial charge in [-0.1, -0.05) is 58.2 Å². The van der Waals surface area contributed by atoms with Gasteiger partial charge in [0.1, 0.15) is 34.9 Å². The number of fused-ring (bicyclic) bond motifs is 3. The zero-order valence-corrected chi connectivity index (χ0v) is 23.8. The maximum atomic E-state index is 6.08. The van der Waals surface area contributed by atoms with E-state index in [1.54, 1.807) is 6.33 Å². The minimum atomic E-state index is 0.551. The molecule has 9 heteroatoms. The lowest BCUT2D eigenvalue weighted by atomic mass is 10.1. The van der Waals surface area contributed by atoms with Crippen molar-refractivity contribution in [3.63, 3.8) is 0 Å². The van der Waals surface area contributed by atoms with Gasteiger partial charge in [-0.3, -0.25) is 4.99 Å². The molecule has 0 bridgehead atoms. The highest BCUT2D eigenvalue weighted by atomic mass is 35.5. The van der Waals surface area contributed by atoms with E-state index < -0.39 is 0 Å². The van der Waals surface area contributed by atoms with E-state index in [4.69, 9.17) is 11.6 Å². The quantitative estimate of drug-likeness (QED) is 0.179. The highest BCUT2D eigenvalue weighted by molar-refractivity contribution is 6.34. The van der Waals surface area contributed by atoms with Gasteiger partial charge >= 0.3 is 0 Å². The maximum absolute atomic E-state index is 6.08. The number of nitrogens with zero attached hydrogens (tertiary/aromatic N) is 5. The fraction of sp³-hybridized carbons (Fsp3) is 0.367. The first kappa shape index (κ1) is 26.8. The number of rotatable bonds is 8. The standard InChI is InChI=1S/C19H21N5.C11H14ClN3/c1-3-5-16-15(4-2)17-18(21-11-22-19(17)24-16)23-14-7-6-12-9-20-10-13(12)8-14;1-3-5-8-7(4-2)9-10(12)13-6-14-11(9)15-8/h6-8,10-11H,3-5,9H2,1-2H3,(H2,21,22,23,24);6H,3-5H2,1-2H3,(H,13,14,15). The molecular formula is C30H35ClN8.